The van der Waals surface area contributed by atoms with E-state index in [4.69, 9.17) is 0 Å². The van der Waals surface area contributed by atoms with Crippen molar-refractivity contribution in [2.24, 2.45) is 0 Å². The van der Waals surface area contributed by atoms with Gasteiger partial charge in [-0.2, -0.15) is 0 Å². The first-order valence-corrected chi connectivity index (χ1v) is 7.20. The van der Waals surface area contributed by atoms with E-state index >= 15 is 0 Å². The largest absolute Gasteiger partial charge is 0.573 e. The summed E-state index contributed by atoms with van der Waals surface area (Å²) in [6, 6.07) is 5.88. The van der Waals surface area contributed by atoms with Gasteiger partial charge in [-0.3, -0.25) is 9.59 Å². The van der Waals surface area contributed by atoms with Gasteiger partial charge in [-0.25, -0.2) is 9.37 Å². The van der Waals surface area contributed by atoms with Crippen molar-refractivity contribution in [2.45, 2.75) is 19.8 Å². The second-order valence-electron chi connectivity index (χ2n) is 5.07. The van der Waals surface area contributed by atoms with Gasteiger partial charge in [-0.15, -0.1) is 13.2 Å². The average molecular weight is 371 g/mol. The molecular weight excluding hydrogens is 358 g/mol. The molecule has 0 aliphatic carbocycles. The van der Waals surface area contributed by atoms with Crippen LogP contribution in [-0.4, -0.2) is 23.2 Å². The van der Waals surface area contributed by atoms with E-state index in [2.05, 4.69) is 20.4 Å². The van der Waals surface area contributed by atoms with Gasteiger partial charge in [0.1, 0.15) is 5.82 Å². The molecule has 2 amide bonds. The summed E-state index contributed by atoms with van der Waals surface area (Å²) in [7, 11) is 0. The highest BCUT2D eigenvalue weighted by molar-refractivity contribution is 5.96. The second-order valence-corrected chi connectivity index (χ2v) is 5.07. The molecule has 0 bridgehead atoms. The summed E-state index contributed by atoms with van der Waals surface area (Å²) in [5.41, 5.74) is -0.0527. The Labute approximate surface area is 145 Å². The highest BCUT2D eigenvalue weighted by Crippen LogP contribution is 2.27. The van der Waals surface area contributed by atoms with Gasteiger partial charge < -0.3 is 15.4 Å². The minimum absolute atomic E-state index is 0.131. The summed E-state index contributed by atoms with van der Waals surface area (Å²) in [5, 5.41) is 4.77. The van der Waals surface area contributed by atoms with Gasteiger partial charge in [0, 0.05) is 30.8 Å². The lowest BCUT2D eigenvalue weighted by atomic mass is 10.2. The average Bonchev–Trinajstić information content (AvgIpc) is 2.54. The van der Waals surface area contributed by atoms with Gasteiger partial charge in [0.25, 0.3) is 5.91 Å². The zero-order chi connectivity index (χ0) is 19.3. The van der Waals surface area contributed by atoms with Crippen molar-refractivity contribution >= 4 is 17.6 Å². The molecule has 138 valence electrons. The summed E-state index contributed by atoms with van der Waals surface area (Å²) < 4.78 is 54.3. The molecular formula is C16H13F4N3O3. The highest BCUT2D eigenvalue weighted by Gasteiger charge is 2.32. The maximum atomic E-state index is 14.0. The number of benzene rings is 1. The number of halogens is 4. The predicted molar refractivity (Wildman–Crippen MR) is 82.8 cm³/mol. The number of carbonyl (C=O) groups is 2. The van der Waals surface area contributed by atoms with E-state index < -0.39 is 23.8 Å². The molecule has 0 saturated carbocycles. The first-order valence-electron chi connectivity index (χ1n) is 7.20. The van der Waals surface area contributed by atoms with E-state index in [-0.39, 0.29) is 29.4 Å². The molecule has 0 aliphatic heterocycles. The van der Waals surface area contributed by atoms with Crippen molar-refractivity contribution in [2.75, 3.05) is 5.32 Å². The number of anilines is 1. The third-order valence-electron chi connectivity index (χ3n) is 3.03. The zero-order valence-corrected chi connectivity index (χ0v) is 13.4. The topological polar surface area (TPSA) is 80.3 Å². The molecule has 26 heavy (non-hydrogen) atoms. The Balaban J connectivity index is 2.08. The molecule has 0 aliphatic rings. The number of pyridine rings is 1. The van der Waals surface area contributed by atoms with Crippen LogP contribution in [0.4, 0.5) is 23.4 Å². The van der Waals surface area contributed by atoms with Crippen LogP contribution >= 0.6 is 0 Å². The van der Waals surface area contributed by atoms with Crippen molar-refractivity contribution in [1.29, 1.82) is 0 Å². The summed E-state index contributed by atoms with van der Waals surface area (Å²) in [6.45, 7) is 0.907. The van der Waals surface area contributed by atoms with Crippen LogP contribution in [0.5, 0.6) is 5.75 Å². The number of nitrogens with one attached hydrogen (secondary N) is 2. The number of rotatable bonds is 5. The minimum atomic E-state index is -5.03. The van der Waals surface area contributed by atoms with Crippen LogP contribution in [-0.2, 0) is 11.3 Å². The molecule has 2 aromatic rings. The molecule has 6 nitrogen and oxygen atoms in total. The monoisotopic (exact) mass is 371 g/mol. The summed E-state index contributed by atoms with van der Waals surface area (Å²) in [5.74, 6) is -3.06. The van der Waals surface area contributed by atoms with Gasteiger partial charge in [0.15, 0.2) is 11.6 Å². The van der Waals surface area contributed by atoms with Crippen LogP contribution < -0.4 is 15.4 Å². The van der Waals surface area contributed by atoms with Crippen molar-refractivity contribution < 1.29 is 31.9 Å². The van der Waals surface area contributed by atoms with Crippen LogP contribution in [0.25, 0.3) is 0 Å². The Morgan fingerprint density at radius 3 is 2.62 bits per heavy atom. The summed E-state index contributed by atoms with van der Waals surface area (Å²) >= 11 is 0. The Hall–Kier alpha value is -3.17. The lowest BCUT2D eigenvalue weighted by Crippen LogP contribution is -2.24. The summed E-state index contributed by atoms with van der Waals surface area (Å²) in [6.07, 6.45) is -3.74. The highest BCUT2D eigenvalue weighted by atomic mass is 19.4. The van der Waals surface area contributed by atoms with E-state index in [0.29, 0.717) is 0 Å². The second kappa shape index (κ2) is 7.81. The number of ether oxygens (including phenoxy) is 1. The molecule has 2 N–H and O–H groups in total. The lowest BCUT2D eigenvalue weighted by molar-refractivity contribution is -0.275. The Kier molecular flexibility index (Phi) is 5.75. The SMILES string of the molecule is CC(=O)Nc1cc(C(=O)NCc2cccc(OC(F)(F)F)c2F)ccn1. The number of aromatic nitrogens is 1. The molecule has 0 fully saturated rings. The lowest BCUT2D eigenvalue weighted by Gasteiger charge is -2.12. The minimum Gasteiger partial charge on any atom is -0.403 e. The zero-order valence-electron chi connectivity index (χ0n) is 13.4. The first-order chi connectivity index (χ1) is 12.2. The van der Waals surface area contributed by atoms with Crippen molar-refractivity contribution in [1.82, 2.24) is 10.3 Å². The molecule has 0 radical (unpaired) electrons. The number of hydrogen-bond donors (Lipinski definition) is 2. The van der Waals surface area contributed by atoms with Gasteiger partial charge in [-0.1, -0.05) is 12.1 Å². The fourth-order valence-corrected chi connectivity index (χ4v) is 1.99. The van der Waals surface area contributed by atoms with Crippen molar-refractivity contribution in [3.8, 4) is 5.75 Å². The molecule has 0 unspecified atom stereocenters. The number of hydrogen-bond acceptors (Lipinski definition) is 4. The number of nitrogens with zero attached hydrogens (tertiary/aromatic N) is 1. The number of alkyl halides is 3. The third-order valence-corrected chi connectivity index (χ3v) is 3.03. The summed E-state index contributed by atoms with van der Waals surface area (Å²) in [4.78, 5) is 26.9. The smallest absolute Gasteiger partial charge is 0.403 e. The fraction of sp³-hybridized carbons (Fsp3) is 0.188. The van der Waals surface area contributed by atoms with Crippen LogP contribution in [0.15, 0.2) is 36.5 Å². The van der Waals surface area contributed by atoms with E-state index in [1.165, 1.54) is 37.4 Å². The van der Waals surface area contributed by atoms with Crippen LogP contribution in [0.1, 0.15) is 22.8 Å². The van der Waals surface area contributed by atoms with Crippen LogP contribution in [0, 0.1) is 5.82 Å². The van der Waals surface area contributed by atoms with E-state index in [1.807, 2.05) is 0 Å². The van der Waals surface area contributed by atoms with Crippen LogP contribution in [0.2, 0.25) is 0 Å². The molecule has 1 aromatic carbocycles. The normalized spacial score (nSPS) is 11.0. The molecule has 0 saturated heterocycles. The molecule has 10 heteroatoms. The quantitative estimate of drug-likeness (QED) is 0.792. The fourth-order valence-electron chi connectivity index (χ4n) is 1.99. The maximum Gasteiger partial charge on any atom is 0.573 e. The van der Waals surface area contributed by atoms with Crippen molar-refractivity contribution in [3.63, 3.8) is 0 Å². The third kappa shape index (κ3) is 5.43. The molecule has 1 heterocycles. The van der Waals surface area contributed by atoms with Crippen LogP contribution in [0.3, 0.4) is 0 Å². The van der Waals surface area contributed by atoms with Gasteiger partial charge >= 0.3 is 6.36 Å². The van der Waals surface area contributed by atoms with Gasteiger partial charge in [-0.05, 0) is 18.2 Å². The van der Waals surface area contributed by atoms with Gasteiger partial charge in [0.2, 0.25) is 5.91 Å². The molecule has 0 spiro atoms. The standard InChI is InChI=1S/C16H13F4N3O3/c1-9(24)23-13-7-10(5-6-21-13)15(25)22-8-11-3-2-4-12(14(11)17)26-16(18,19)20/h2-7H,8H2,1H3,(H,22,25)(H,21,23,24). The molecule has 0 atom stereocenters. The van der Waals surface area contributed by atoms with E-state index in [1.54, 1.807) is 0 Å². The number of carbonyl (C=O) groups excluding carboxylic acids is 2. The molecule has 2 rings (SSSR count). The van der Waals surface area contributed by atoms with Crippen molar-refractivity contribution in [3.05, 3.63) is 53.5 Å². The van der Waals surface area contributed by atoms with E-state index in [9.17, 15) is 27.2 Å². The maximum absolute atomic E-state index is 14.0. The Bertz CT molecular complexity index is 825. The predicted octanol–water partition coefficient (Wildman–Crippen LogP) is 3.01. The number of amides is 2. The Morgan fingerprint density at radius 1 is 1.23 bits per heavy atom. The van der Waals surface area contributed by atoms with E-state index in [0.717, 1.165) is 6.07 Å². The Morgan fingerprint density at radius 2 is 1.96 bits per heavy atom. The molecule has 1 aromatic heterocycles. The van der Waals surface area contributed by atoms with Gasteiger partial charge in [0.05, 0.1) is 0 Å². The first kappa shape index (κ1) is 19.2.